The molecule has 0 saturated heterocycles. The lowest BCUT2D eigenvalue weighted by Crippen LogP contribution is -2.44. The molecule has 4 nitrogen and oxygen atoms in total. The quantitative estimate of drug-likeness (QED) is 0.695. The van der Waals surface area contributed by atoms with Gasteiger partial charge in [0.25, 0.3) is 5.91 Å². The molecule has 152 valence electrons. The van der Waals surface area contributed by atoms with Gasteiger partial charge in [0.1, 0.15) is 18.1 Å². The van der Waals surface area contributed by atoms with Crippen LogP contribution >= 0.6 is 0 Å². The molecule has 0 fully saturated rings. The number of carbonyl (C=O) groups is 1. The Hall–Kier alpha value is -2.49. The summed E-state index contributed by atoms with van der Waals surface area (Å²) in [5, 5.41) is 2.98. The van der Waals surface area contributed by atoms with Crippen molar-refractivity contribution in [3.63, 3.8) is 0 Å². The van der Waals surface area contributed by atoms with Gasteiger partial charge in [-0.2, -0.15) is 0 Å². The van der Waals surface area contributed by atoms with Crippen molar-refractivity contribution in [2.45, 2.75) is 65.5 Å². The van der Waals surface area contributed by atoms with Crippen LogP contribution in [0.4, 0.5) is 0 Å². The molecule has 2 aromatic rings. The van der Waals surface area contributed by atoms with Crippen LogP contribution in [0.1, 0.15) is 52.2 Å². The Kier molecular flexibility index (Phi) is 7.50. The summed E-state index contributed by atoms with van der Waals surface area (Å²) in [6.45, 7) is 12.8. The van der Waals surface area contributed by atoms with Crippen molar-refractivity contribution < 1.29 is 14.3 Å². The van der Waals surface area contributed by atoms with Gasteiger partial charge in [0.15, 0.2) is 6.10 Å². The fourth-order valence-corrected chi connectivity index (χ4v) is 2.75. The smallest absolute Gasteiger partial charge is 0.261 e. The first-order valence-corrected chi connectivity index (χ1v) is 9.96. The van der Waals surface area contributed by atoms with E-state index < -0.39 is 6.10 Å². The lowest BCUT2D eigenvalue weighted by Gasteiger charge is -2.22. The topological polar surface area (TPSA) is 47.6 Å². The summed E-state index contributed by atoms with van der Waals surface area (Å²) >= 11 is 0. The molecule has 4 heteroatoms. The van der Waals surface area contributed by atoms with Crippen LogP contribution in [0.2, 0.25) is 0 Å². The maximum absolute atomic E-state index is 12.6. The predicted molar refractivity (Wildman–Crippen MR) is 114 cm³/mol. The molecule has 0 bridgehead atoms. The molecule has 2 rings (SSSR count). The van der Waals surface area contributed by atoms with Crippen LogP contribution < -0.4 is 14.8 Å². The van der Waals surface area contributed by atoms with E-state index in [1.807, 2.05) is 57.2 Å². The zero-order valence-corrected chi connectivity index (χ0v) is 17.9. The van der Waals surface area contributed by atoms with Gasteiger partial charge in [0, 0.05) is 0 Å². The molecule has 0 saturated carbocycles. The number of hydrogen-bond acceptors (Lipinski definition) is 3. The molecule has 2 aromatic carbocycles. The molecule has 28 heavy (non-hydrogen) atoms. The monoisotopic (exact) mass is 383 g/mol. The van der Waals surface area contributed by atoms with E-state index in [4.69, 9.17) is 9.47 Å². The van der Waals surface area contributed by atoms with Crippen LogP contribution in [0.5, 0.6) is 11.5 Å². The van der Waals surface area contributed by atoms with Crippen LogP contribution in [0.3, 0.4) is 0 Å². The van der Waals surface area contributed by atoms with E-state index in [0.29, 0.717) is 18.8 Å². The minimum Gasteiger partial charge on any atom is -0.491 e. The van der Waals surface area contributed by atoms with Crippen molar-refractivity contribution in [1.29, 1.82) is 0 Å². The number of carbonyl (C=O) groups excluding carboxylic acids is 1. The Morgan fingerprint density at radius 3 is 2.11 bits per heavy atom. The second-order valence-electron chi connectivity index (χ2n) is 8.32. The van der Waals surface area contributed by atoms with Gasteiger partial charge in [0.2, 0.25) is 0 Å². The minimum atomic E-state index is -0.526. The highest BCUT2D eigenvalue weighted by atomic mass is 16.5. The van der Waals surface area contributed by atoms with Crippen molar-refractivity contribution >= 4 is 5.91 Å². The maximum Gasteiger partial charge on any atom is 0.261 e. The first-order valence-electron chi connectivity index (χ1n) is 9.96. The summed E-state index contributed by atoms with van der Waals surface area (Å²) in [4.78, 5) is 12.6. The molecule has 0 aromatic heterocycles. The number of nitrogens with one attached hydrogen (secondary N) is 1. The lowest BCUT2D eigenvalue weighted by molar-refractivity contribution is -0.128. The molecule has 0 heterocycles. The first kappa shape index (κ1) is 21.8. The Morgan fingerprint density at radius 1 is 1.00 bits per heavy atom. The van der Waals surface area contributed by atoms with E-state index in [2.05, 4.69) is 38.2 Å². The molecule has 1 amide bonds. The highest BCUT2D eigenvalue weighted by Gasteiger charge is 2.21. The molecule has 0 spiro atoms. The number of hydrogen-bond donors (Lipinski definition) is 1. The second kappa shape index (κ2) is 9.63. The molecule has 1 N–H and O–H groups in total. The zero-order chi connectivity index (χ0) is 20.7. The van der Waals surface area contributed by atoms with E-state index in [-0.39, 0.29) is 17.4 Å². The summed E-state index contributed by atoms with van der Waals surface area (Å²) in [5.74, 6) is 1.38. The molecule has 0 radical (unpaired) electrons. The fraction of sp³-hybridized carbons (Fsp3) is 0.458. The Labute approximate surface area is 169 Å². The van der Waals surface area contributed by atoms with Gasteiger partial charge in [0.05, 0.1) is 6.04 Å². The summed E-state index contributed by atoms with van der Waals surface area (Å²) in [6.07, 6.45) is 0.0700. The van der Waals surface area contributed by atoms with Crippen molar-refractivity contribution in [3.8, 4) is 11.5 Å². The SMILES string of the molecule is CC[C@@H](Oc1ccc(C(C)(C)C)cc1)C(=O)N[C@@H](C)COc1ccc(C)cc1. The number of benzene rings is 2. The molecule has 2 atom stereocenters. The standard InChI is InChI=1S/C24H33NO3/c1-7-22(28-21-14-10-19(11-15-21)24(4,5)6)23(26)25-18(3)16-27-20-12-8-17(2)9-13-20/h8-15,18,22H,7,16H2,1-6H3,(H,25,26)/t18-,22+/m0/s1. The van der Waals surface area contributed by atoms with Crippen molar-refractivity contribution in [2.24, 2.45) is 0 Å². The predicted octanol–water partition coefficient (Wildman–Crippen LogP) is 5.03. The van der Waals surface area contributed by atoms with E-state index in [9.17, 15) is 4.79 Å². The first-order chi connectivity index (χ1) is 13.2. The third kappa shape index (κ3) is 6.59. The van der Waals surface area contributed by atoms with Crippen LogP contribution in [0.15, 0.2) is 48.5 Å². The van der Waals surface area contributed by atoms with Crippen LogP contribution in [-0.4, -0.2) is 24.7 Å². The largest absolute Gasteiger partial charge is 0.491 e. The van der Waals surface area contributed by atoms with Crippen LogP contribution in [0, 0.1) is 6.92 Å². The van der Waals surface area contributed by atoms with Crippen LogP contribution in [-0.2, 0) is 10.2 Å². The van der Waals surface area contributed by atoms with E-state index in [1.165, 1.54) is 11.1 Å². The molecular formula is C24H33NO3. The van der Waals surface area contributed by atoms with Gasteiger partial charge in [-0.3, -0.25) is 4.79 Å². The maximum atomic E-state index is 12.6. The Balaban J connectivity index is 1.87. The number of aryl methyl sites for hydroxylation is 1. The van der Waals surface area contributed by atoms with E-state index in [1.54, 1.807) is 0 Å². The molecule has 0 unspecified atom stereocenters. The number of rotatable bonds is 8. The van der Waals surface area contributed by atoms with Gasteiger partial charge in [-0.05, 0) is 55.5 Å². The van der Waals surface area contributed by atoms with Crippen LogP contribution in [0.25, 0.3) is 0 Å². The summed E-state index contributed by atoms with van der Waals surface area (Å²) in [5.41, 5.74) is 2.51. The third-order valence-corrected chi connectivity index (χ3v) is 4.57. The van der Waals surface area contributed by atoms with Crippen molar-refractivity contribution in [2.75, 3.05) is 6.61 Å². The van der Waals surface area contributed by atoms with Gasteiger partial charge < -0.3 is 14.8 Å². The van der Waals surface area contributed by atoms with Crippen molar-refractivity contribution in [1.82, 2.24) is 5.32 Å². The third-order valence-electron chi connectivity index (χ3n) is 4.57. The minimum absolute atomic E-state index is 0.0902. The molecule has 0 aliphatic rings. The second-order valence-corrected chi connectivity index (χ2v) is 8.32. The highest BCUT2D eigenvalue weighted by Crippen LogP contribution is 2.25. The lowest BCUT2D eigenvalue weighted by atomic mass is 9.87. The highest BCUT2D eigenvalue weighted by molar-refractivity contribution is 5.81. The molecule has 0 aliphatic heterocycles. The van der Waals surface area contributed by atoms with Gasteiger partial charge in [-0.15, -0.1) is 0 Å². The fourth-order valence-electron chi connectivity index (χ4n) is 2.75. The number of amides is 1. The molecular weight excluding hydrogens is 350 g/mol. The Morgan fingerprint density at radius 2 is 1.57 bits per heavy atom. The van der Waals surface area contributed by atoms with E-state index in [0.717, 1.165) is 5.75 Å². The van der Waals surface area contributed by atoms with E-state index >= 15 is 0 Å². The average Bonchev–Trinajstić information content (AvgIpc) is 2.65. The summed E-state index contributed by atoms with van der Waals surface area (Å²) in [7, 11) is 0. The zero-order valence-electron chi connectivity index (χ0n) is 17.9. The van der Waals surface area contributed by atoms with Gasteiger partial charge in [-0.1, -0.05) is 57.5 Å². The van der Waals surface area contributed by atoms with Crippen molar-refractivity contribution in [3.05, 3.63) is 59.7 Å². The Bertz CT molecular complexity index is 745. The van der Waals surface area contributed by atoms with Gasteiger partial charge in [-0.25, -0.2) is 0 Å². The van der Waals surface area contributed by atoms with Gasteiger partial charge >= 0.3 is 0 Å². The number of ether oxygens (including phenoxy) is 2. The summed E-state index contributed by atoms with van der Waals surface area (Å²) < 4.78 is 11.7. The normalized spacial score (nSPS) is 13.5. The summed E-state index contributed by atoms with van der Waals surface area (Å²) in [6, 6.07) is 15.7. The average molecular weight is 384 g/mol. The molecule has 0 aliphatic carbocycles.